The summed E-state index contributed by atoms with van der Waals surface area (Å²) in [6, 6.07) is 8.81. The Hall–Kier alpha value is -2.59. The molecule has 0 aliphatic carbocycles. The maximum atomic E-state index is 12.0. The summed E-state index contributed by atoms with van der Waals surface area (Å²) in [5.74, 6) is 0. The highest BCUT2D eigenvalue weighted by Crippen LogP contribution is 2.24. The van der Waals surface area contributed by atoms with Gasteiger partial charge in [0.25, 0.3) is 0 Å². The van der Waals surface area contributed by atoms with Crippen LogP contribution in [-0.4, -0.2) is 19.6 Å². The normalized spacial score (nSPS) is 12.3. The standard InChI is InChI=1S/C11H6F3N3O3S/c12-11(13,14)21(18,19)20-17-10(7-16)9-3-1-8(2-4-9)5-6-15/h1-4H,5H2. The van der Waals surface area contributed by atoms with Crippen LogP contribution in [0.4, 0.5) is 13.2 Å². The molecule has 0 aliphatic heterocycles. The number of alkyl halides is 3. The molecule has 6 nitrogen and oxygen atoms in total. The van der Waals surface area contributed by atoms with Crippen LogP contribution in [0.1, 0.15) is 11.1 Å². The van der Waals surface area contributed by atoms with Gasteiger partial charge in [0.1, 0.15) is 6.07 Å². The molecule has 0 aromatic heterocycles. The van der Waals surface area contributed by atoms with Gasteiger partial charge in [-0.3, -0.25) is 4.28 Å². The molecular formula is C11H6F3N3O3S. The van der Waals surface area contributed by atoms with Crippen molar-refractivity contribution < 1.29 is 25.9 Å². The molecule has 0 bridgehead atoms. The number of rotatable bonds is 4. The van der Waals surface area contributed by atoms with Crippen molar-refractivity contribution in [1.29, 1.82) is 10.5 Å². The number of halogens is 3. The molecule has 0 N–H and O–H groups in total. The van der Waals surface area contributed by atoms with E-state index in [2.05, 4.69) is 9.44 Å². The minimum absolute atomic E-state index is 0.0524. The molecule has 1 rings (SSSR count). The number of oxime groups is 1. The molecule has 0 unspecified atom stereocenters. The van der Waals surface area contributed by atoms with Crippen molar-refractivity contribution in [3.8, 4) is 12.1 Å². The monoisotopic (exact) mass is 317 g/mol. The Morgan fingerprint density at radius 3 is 2.24 bits per heavy atom. The van der Waals surface area contributed by atoms with Gasteiger partial charge in [0.2, 0.25) is 0 Å². The number of nitrogens with zero attached hydrogens (tertiary/aromatic N) is 3. The van der Waals surface area contributed by atoms with Gasteiger partial charge in [0, 0.05) is 5.56 Å². The van der Waals surface area contributed by atoms with E-state index in [0.717, 1.165) is 0 Å². The summed E-state index contributed by atoms with van der Waals surface area (Å²) in [6.07, 6.45) is 0.109. The van der Waals surface area contributed by atoms with Crippen molar-refractivity contribution in [3.05, 3.63) is 35.4 Å². The fourth-order valence-corrected chi connectivity index (χ4v) is 1.40. The fourth-order valence-electron chi connectivity index (χ4n) is 1.14. The molecule has 0 saturated carbocycles. The van der Waals surface area contributed by atoms with Crippen LogP contribution in [0, 0.1) is 22.7 Å². The van der Waals surface area contributed by atoms with E-state index in [1.807, 2.05) is 6.07 Å². The quantitative estimate of drug-likeness (QED) is 0.479. The zero-order valence-corrected chi connectivity index (χ0v) is 10.9. The first-order valence-corrected chi connectivity index (χ1v) is 6.56. The van der Waals surface area contributed by atoms with Crippen molar-refractivity contribution >= 4 is 15.8 Å². The molecule has 0 aliphatic rings. The Morgan fingerprint density at radius 1 is 1.24 bits per heavy atom. The summed E-state index contributed by atoms with van der Waals surface area (Å²) < 4.78 is 60.8. The summed E-state index contributed by atoms with van der Waals surface area (Å²) in [7, 11) is -5.91. The highest BCUT2D eigenvalue weighted by Gasteiger charge is 2.49. The van der Waals surface area contributed by atoms with E-state index in [1.54, 1.807) is 0 Å². The summed E-state index contributed by atoms with van der Waals surface area (Å²) in [4.78, 5) is 0. The van der Waals surface area contributed by atoms with E-state index < -0.39 is 21.3 Å². The Bertz CT molecular complexity index is 725. The second-order valence-electron chi connectivity index (χ2n) is 3.56. The third-order valence-corrected chi connectivity index (χ3v) is 2.96. The van der Waals surface area contributed by atoms with Gasteiger partial charge in [-0.1, -0.05) is 29.4 Å². The van der Waals surface area contributed by atoms with Crippen LogP contribution < -0.4 is 0 Å². The van der Waals surface area contributed by atoms with Crippen LogP contribution in [0.3, 0.4) is 0 Å². The van der Waals surface area contributed by atoms with Crippen molar-refractivity contribution in [2.75, 3.05) is 0 Å². The fraction of sp³-hybridized carbons (Fsp3) is 0.182. The Kier molecular flexibility index (Phi) is 4.89. The summed E-state index contributed by atoms with van der Waals surface area (Å²) >= 11 is 0. The molecule has 0 radical (unpaired) electrons. The predicted octanol–water partition coefficient (Wildman–Crippen LogP) is 1.85. The van der Waals surface area contributed by atoms with Crippen LogP contribution in [0.25, 0.3) is 0 Å². The molecular weight excluding hydrogens is 311 g/mol. The molecule has 1 aromatic carbocycles. The first-order valence-electron chi connectivity index (χ1n) is 5.15. The summed E-state index contributed by atoms with van der Waals surface area (Å²) in [5, 5.41) is 19.9. The van der Waals surface area contributed by atoms with Crippen LogP contribution >= 0.6 is 0 Å². The Labute approximate surface area is 117 Å². The van der Waals surface area contributed by atoms with Gasteiger partial charge in [-0.2, -0.15) is 32.1 Å². The molecule has 110 valence electrons. The smallest absolute Gasteiger partial charge is 0.260 e. The van der Waals surface area contributed by atoms with Gasteiger partial charge in [0.15, 0.2) is 5.71 Å². The molecule has 1 aromatic rings. The molecule has 0 heterocycles. The minimum Gasteiger partial charge on any atom is -0.260 e. The van der Waals surface area contributed by atoms with Crippen LogP contribution in [0.5, 0.6) is 0 Å². The molecule has 10 heteroatoms. The topological polar surface area (TPSA) is 103 Å². The van der Waals surface area contributed by atoms with E-state index in [1.165, 1.54) is 30.3 Å². The molecule has 0 amide bonds. The van der Waals surface area contributed by atoms with Crippen LogP contribution in [-0.2, 0) is 20.8 Å². The zero-order valence-electron chi connectivity index (χ0n) is 10.1. The average molecular weight is 317 g/mol. The Morgan fingerprint density at radius 2 is 1.81 bits per heavy atom. The van der Waals surface area contributed by atoms with Gasteiger partial charge >= 0.3 is 15.6 Å². The lowest BCUT2D eigenvalue weighted by atomic mass is 10.1. The number of hydrogen-bond acceptors (Lipinski definition) is 6. The highest BCUT2D eigenvalue weighted by atomic mass is 32.2. The number of benzene rings is 1. The SMILES string of the molecule is N#CCc1ccc(C(C#N)=NOS(=O)(=O)C(F)(F)F)cc1. The summed E-state index contributed by atoms with van der Waals surface area (Å²) in [6.45, 7) is 0. The van der Waals surface area contributed by atoms with E-state index >= 15 is 0 Å². The number of hydrogen-bond donors (Lipinski definition) is 0. The molecule has 0 atom stereocenters. The highest BCUT2D eigenvalue weighted by molar-refractivity contribution is 7.87. The maximum absolute atomic E-state index is 12.0. The van der Waals surface area contributed by atoms with Gasteiger partial charge in [-0.15, -0.1) is 0 Å². The number of nitriles is 2. The third-order valence-electron chi connectivity index (χ3n) is 2.13. The molecule has 21 heavy (non-hydrogen) atoms. The first kappa shape index (κ1) is 16.5. The first-order chi connectivity index (χ1) is 9.71. The predicted molar refractivity (Wildman–Crippen MR) is 64.0 cm³/mol. The Balaban J connectivity index is 3.02. The largest absolute Gasteiger partial charge is 0.536 e. The second-order valence-corrected chi connectivity index (χ2v) is 5.08. The third kappa shape index (κ3) is 4.19. The zero-order chi connectivity index (χ0) is 16.1. The van der Waals surface area contributed by atoms with Gasteiger partial charge < -0.3 is 0 Å². The van der Waals surface area contributed by atoms with E-state index in [9.17, 15) is 21.6 Å². The van der Waals surface area contributed by atoms with E-state index in [0.29, 0.717) is 5.56 Å². The van der Waals surface area contributed by atoms with Crippen LogP contribution in [0.2, 0.25) is 0 Å². The molecule has 0 saturated heterocycles. The van der Waals surface area contributed by atoms with Crippen molar-refractivity contribution in [2.24, 2.45) is 5.16 Å². The summed E-state index contributed by atoms with van der Waals surface area (Å²) in [5.41, 5.74) is -5.61. The second kappa shape index (κ2) is 6.24. The van der Waals surface area contributed by atoms with Gasteiger partial charge in [-0.05, 0) is 5.56 Å². The lowest BCUT2D eigenvalue weighted by molar-refractivity contribution is -0.0540. The van der Waals surface area contributed by atoms with Crippen molar-refractivity contribution in [3.63, 3.8) is 0 Å². The van der Waals surface area contributed by atoms with Crippen LogP contribution in [0.15, 0.2) is 29.4 Å². The maximum Gasteiger partial charge on any atom is 0.536 e. The van der Waals surface area contributed by atoms with Gasteiger partial charge in [-0.25, -0.2) is 0 Å². The minimum atomic E-state index is -5.91. The molecule has 0 spiro atoms. The van der Waals surface area contributed by atoms with Gasteiger partial charge in [0.05, 0.1) is 12.5 Å². The van der Waals surface area contributed by atoms with E-state index in [4.69, 9.17) is 10.5 Å². The average Bonchev–Trinajstić information content (AvgIpc) is 2.40. The lowest BCUT2D eigenvalue weighted by Gasteiger charge is -2.05. The van der Waals surface area contributed by atoms with Crippen molar-refractivity contribution in [1.82, 2.24) is 0 Å². The molecule has 0 fully saturated rings. The van der Waals surface area contributed by atoms with E-state index in [-0.39, 0.29) is 12.0 Å². The lowest BCUT2D eigenvalue weighted by Crippen LogP contribution is -2.24. The van der Waals surface area contributed by atoms with Crippen molar-refractivity contribution in [2.45, 2.75) is 11.9 Å².